The van der Waals surface area contributed by atoms with Crippen molar-refractivity contribution in [3.8, 4) is 5.95 Å². The molecule has 9 heteroatoms. The van der Waals surface area contributed by atoms with E-state index in [0.29, 0.717) is 16.3 Å². The second kappa shape index (κ2) is 7.04. The van der Waals surface area contributed by atoms with Crippen molar-refractivity contribution in [2.45, 2.75) is 6.92 Å². The predicted octanol–water partition coefficient (Wildman–Crippen LogP) is 3.04. The van der Waals surface area contributed by atoms with Gasteiger partial charge in [-0.3, -0.25) is 4.72 Å². The van der Waals surface area contributed by atoms with E-state index in [-0.39, 0.29) is 11.8 Å². The molecule has 0 radical (unpaired) electrons. The summed E-state index contributed by atoms with van der Waals surface area (Å²) >= 11 is 6.02. The lowest BCUT2D eigenvalue weighted by atomic mass is 10.2. The number of rotatable bonds is 5. The van der Waals surface area contributed by atoms with Crippen LogP contribution in [0.4, 0.5) is 5.82 Å². The number of anilines is 1. The Morgan fingerprint density at radius 2 is 1.88 bits per heavy atom. The summed E-state index contributed by atoms with van der Waals surface area (Å²) in [5, 5.41) is 5.73. The summed E-state index contributed by atoms with van der Waals surface area (Å²) in [6.45, 7) is 1.75. The van der Waals surface area contributed by atoms with Crippen LogP contribution in [0.1, 0.15) is 11.3 Å². The van der Waals surface area contributed by atoms with Gasteiger partial charge in [-0.1, -0.05) is 29.8 Å². The minimum absolute atomic E-state index is 0.243. The molecule has 1 aromatic carbocycles. The summed E-state index contributed by atoms with van der Waals surface area (Å²) in [4.78, 5) is 8.15. The van der Waals surface area contributed by atoms with Gasteiger partial charge < -0.3 is 0 Å². The highest BCUT2D eigenvalue weighted by Crippen LogP contribution is 2.19. The zero-order valence-electron chi connectivity index (χ0n) is 13.2. The largest absolute Gasteiger partial charge is 0.264 e. The number of halogens is 1. The molecule has 0 atom stereocenters. The fourth-order valence-corrected chi connectivity index (χ4v) is 3.11. The van der Waals surface area contributed by atoms with E-state index in [2.05, 4.69) is 19.8 Å². The van der Waals surface area contributed by atoms with Crippen LogP contribution in [0, 0.1) is 6.92 Å². The highest BCUT2D eigenvalue weighted by atomic mass is 35.5. The normalized spacial score (nSPS) is 11.8. The lowest BCUT2D eigenvalue weighted by Crippen LogP contribution is -2.14. The first-order valence-corrected chi connectivity index (χ1v) is 9.16. The standard InChI is InChI=1S/C16H14ClN5O2S/c1-12-11-15(22(20-12)16-18-8-4-9-19-16)21-25(23,24)10-7-13-5-2-3-6-14(13)17/h2-11,21H,1H3. The SMILES string of the molecule is Cc1cc(NS(=O)(=O)C=Cc2ccccc2Cl)n(-c2ncccn2)n1. The lowest BCUT2D eigenvalue weighted by molar-refractivity contribution is 0.609. The van der Waals surface area contributed by atoms with E-state index in [1.807, 2.05) is 0 Å². The van der Waals surface area contributed by atoms with Gasteiger partial charge >= 0.3 is 0 Å². The Hall–Kier alpha value is -2.71. The molecule has 0 bridgehead atoms. The summed E-state index contributed by atoms with van der Waals surface area (Å²) in [6, 6.07) is 10.2. The number of benzene rings is 1. The lowest BCUT2D eigenvalue weighted by Gasteiger charge is -2.06. The molecule has 7 nitrogen and oxygen atoms in total. The number of sulfonamides is 1. The van der Waals surface area contributed by atoms with Crippen LogP contribution in [0.25, 0.3) is 12.0 Å². The number of aryl methyl sites for hydroxylation is 1. The van der Waals surface area contributed by atoms with Gasteiger partial charge in [-0.2, -0.15) is 9.78 Å². The number of nitrogens with zero attached hydrogens (tertiary/aromatic N) is 4. The van der Waals surface area contributed by atoms with Crippen molar-refractivity contribution in [2.75, 3.05) is 4.72 Å². The predicted molar refractivity (Wildman–Crippen MR) is 96.9 cm³/mol. The molecular weight excluding hydrogens is 362 g/mol. The fraction of sp³-hybridized carbons (Fsp3) is 0.0625. The summed E-state index contributed by atoms with van der Waals surface area (Å²) in [6.07, 6.45) is 4.53. The topological polar surface area (TPSA) is 89.8 Å². The fourth-order valence-electron chi connectivity index (χ4n) is 2.08. The van der Waals surface area contributed by atoms with Crippen LogP contribution in [0.15, 0.2) is 54.2 Å². The van der Waals surface area contributed by atoms with Crippen molar-refractivity contribution in [3.63, 3.8) is 0 Å². The second-order valence-electron chi connectivity index (χ2n) is 5.10. The quantitative estimate of drug-likeness (QED) is 0.740. The molecule has 25 heavy (non-hydrogen) atoms. The van der Waals surface area contributed by atoms with Crippen LogP contribution >= 0.6 is 11.6 Å². The van der Waals surface area contributed by atoms with Crippen LogP contribution in [0.2, 0.25) is 5.02 Å². The van der Waals surface area contributed by atoms with Crippen LogP contribution in [-0.2, 0) is 10.0 Å². The van der Waals surface area contributed by atoms with E-state index >= 15 is 0 Å². The van der Waals surface area contributed by atoms with Crippen molar-refractivity contribution in [1.29, 1.82) is 0 Å². The van der Waals surface area contributed by atoms with E-state index in [4.69, 9.17) is 11.6 Å². The van der Waals surface area contributed by atoms with E-state index in [0.717, 1.165) is 5.41 Å². The van der Waals surface area contributed by atoms with Gasteiger partial charge in [-0.05, 0) is 30.7 Å². The zero-order valence-corrected chi connectivity index (χ0v) is 14.7. The maximum absolute atomic E-state index is 12.4. The Morgan fingerprint density at radius 1 is 1.16 bits per heavy atom. The van der Waals surface area contributed by atoms with E-state index in [1.54, 1.807) is 55.7 Å². The maximum Gasteiger partial charge on any atom is 0.256 e. The molecule has 0 aliphatic rings. The molecule has 0 fully saturated rings. The van der Waals surface area contributed by atoms with Crippen LogP contribution < -0.4 is 4.72 Å². The number of aromatic nitrogens is 4. The van der Waals surface area contributed by atoms with E-state index in [1.165, 1.54) is 10.8 Å². The minimum Gasteiger partial charge on any atom is -0.264 e. The van der Waals surface area contributed by atoms with Gasteiger partial charge in [0.2, 0.25) is 0 Å². The van der Waals surface area contributed by atoms with Crippen LogP contribution in [0.3, 0.4) is 0 Å². The molecule has 0 aliphatic heterocycles. The third-order valence-corrected chi connectivity index (χ3v) is 4.48. The van der Waals surface area contributed by atoms with Crippen molar-refractivity contribution in [1.82, 2.24) is 19.7 Å². The van der Waals surface area contributed by atoms with Gasteiger partial charge in [-0.15, -0.1) is 0 Å². The molecule has 0 saturated carbocycles. The molecule has 0 saturated heterocycles. The highest BCUT2D eigenvalue weighted by Gasteiger charge is 2.14. The molecule has 128 valence electrons. The maximum atomic E-state index is 12.4. The molecule has 3 rings (SSSR count). The Balaban J connectivity index is 1.88. The van der Waals surface area contributed by atoms with Crippen molar-refractivity contribution >= 4 is 33.5 Å². The Morgan fingerprint density at radius 3 is 2.60 bits per heavy atom. The van der Waals surface area contributed by atoms with E-state index < -0.39 is 10.0 Å². The molecule has 0 aliphatic carbocycles. The molecule has 0 spiro atoms. The first-order valence-electron chi connectivity index (χ1n) is 7.24. The van der Waals surface area contributed by atoms with Crippen LogP contribution in [0.5, 0.6) is 0 Å². The van der Waals surface area contributed by atoms with Crippen molar-refractivity contribution in [2.24, 2.45) is 0 Å². The van der Waals surface area contributed by atoms with Gasteiger partial charge in [0.25, 0.3) is 16.0 Å². The molecule has 2 aromatic heterocycles. The van der Waals surface area contributed by atoms with Gasteiger partial charge in [0.05, 0.1) is 11.1 Å². The first kappa shape index (κ1) is 17.1. The Kier molecular flexibility index (Phi) is 4.82. The molecule has 2 heterocycles. The zero-order chi connectivity index (χ0) is 17.9. The molecule has 0 amide bonds. The third kappa shape index (κ3) is 4.23. The smallest absolute Gasteiger partial charge is 0.256 e. The summed E-state index contributed by atoms with van der Waals surface area (Å²) < 4.78 is 28.5. The average molecular weight is 376 g/mol. The molecule has 3 aromatic rings. The number of nitrogens with one attached hydrogen (secondary N) is 1. The van der Waals surface area contributed by atoms with E-state index in [9.17, 15) is 8.42 Å². The van der Waals surface area contributed by atoms with Gasteiger partial charge in [0, 0.05) is 23.5 Å². The average Bonchev–Trinajstić information content (AvgIpc) is 2.94. The highest BCUT2D eigenvalue weighted by molar-refractivity contribution is 7.95. The van der Waals surface area contributed by atoms with Gasteiger partial charge in [0.15, 0.2) is 0 Å². The molecule has 1 N–H and O–H groups in total. The van der Waals surface area contributed by atoms with Gasteiger partial charge in [0.1, 0.15) is 5.82 Å². The number of hydrogen-bond acceptors (Lipinski definition) is 5. The van der Waals surface area contributed by atoms with Crippen LogP contribution in [-0.4, -0.2) is 28.2 Å². The Labute approximate surface area is 150 Å². The first-order chi connectivity index (χ1) is 11.9. The summed E-state index contributed by atoms with van der Waals surface area (Å²) in [7, 11) is -3.77. The second-order valence-corrected chi connectivity index (χ2v) is 7.08. The Bertz CT molecular complexity index is 1020. The third-order valence-electron chi connectivity index (χ3n) is 3.15. The summed E-state index contributed by atoms with van der Waals surface area (Å²) in [5.74, 6) is 0.510. The summed E-state index contributed by atoms with van der Waals surface area (Å²) in [5.41, 5.74) is 1.23. The number of hydrogen-bond donors (Lipinski definition) is 1. The monoisotopic (exact) mass is 375 g/mol. The van der Waals surface area contributed by atoms with Gasteiger partial charge in [-0.25, -0.2) is 18.4 Å². The van der Waals surface area contributed by atoms with Crippen molar-refractivity contribution in [3.05, 3.63) is 70.5 Å². The minimum atomic E-state index is -3.77. The van der Waals surface area contributed by atoms with Crippen molar-refractivity contribution < 1.29 is 8.42 Å². The molecular formula is C16H14ClN5O2S. The molecule has 0 unspecified atom stereocenters.